The highest BCUT2D eigenvalue weighted by molar-refractivity contribution is 6.31. The molecule has 8 aromatic rings. The third-order valence-corrected chi connectivity index (χ3v) is 17.8. The number of hydrogen-bond donors (Lipinski definition) is 0. The van der Waals surface area contributed by atoms with Crippen molar-refractivity contribution in [1.29, 1.82) is 0 Å². The van der Waals surface area contributed by atoms with Crippen LogP contribution < -0.4 is 19.6 Å². The maximum Gasteiger partial charge on any atom is 0.253 e. The summed E-state index contributed by atoms with van der Waals surface area (Å²) in [5.41, 5.74) is 10.9. The summed E-state index contributed by atoms with van der Waals surface area (Å²) >= 11 is 12.2. The molecule has 14 rings (SSSR count). The zero-order valence-corrected chi connectivity index (χ0v) is 45.6. The SMILES string of the molecule is O=C(c1cccc(CN2C(=O)[C@@]3(C[C@H]3c3ccc(Cl)cc3)c3ccccc32)c1)N1CCN(c2ccncc2)CC1.O=C(c1cccc(CN2C(=O)[C@]3(C[C@@H]3c3ccc(Cl)cc3)c3ccccc32)c1)N1CCN(c2ccncc2)CC1. The Balaban J connectivity index is 0.000000151. The second-order valence-electron chi connectivity index (χ2n) is 21.7. The van der Waals surface area contributed by atoms with Gasteiger partial charge in [-0.15, -0.1) is 0 Å². The Morgan fingerprint density at radius 3 is 1.21 bits per heavy atom. The van der Waals surface area contributed by atoms with E-state index in [1.165, 1.54) is 0 Å². The number of para-hydroxylation sites is 2. The number of amides is 4. The summed E-state index contributed by atoms with van der Waals surface area (Å²) in [5.74, 6) is 0.621. The van der Waals surface area contributed by atoms with Crippen LogP contribution in [-0.2, 0) is 33.5 Å². The van der Waals surface area contributed by atoms with E-state index in [1.54, 1.807) is 24.8 Å². The van der Waals surface area contributed by atoms with Gasteiger partial charge in [0.1, 0.15) is 0 Å². The highest BCUT2D eigenvalue weighted by Gasteiger charge is 2.68. The first-order valence-electron chi connectivity index (χ1n) is 27.5. The highest BCUT2D eigenvalue weighted by Crippen LogP contribution is 2.67. The van der Waals surface area contributed by atoms with Crippen molar-refractivity contribution in [3.63, 3.8) is 0 Å². The molecule has 2 saturated carbocycles. The normalized spacial score (nSPS) is 21.6. The molecule has 0 N–H and O–H groups in total. The number of hydrogen-bond acceptors (Lipinski definition) is 8. The van der Waals surface area contributed by atoms with E-state index in [4.69, 9.17) is 23.2 Å². The van der Waals surface area contributed by atoms with Gasteiger partial charge < -0.3 is 29.4 Å². The molecule has 2 saturated heterocycles. The number of rotatable bonds is 10. The summed E-state index contributed by atoms with van der Waals surface area (Å²) in [6.07, 6.45) is 8.78. The van der Waals surface area contributed by atoms with E-state index in [2.05, 4.69) is 31.9 Å². The first-order valence-corrected chi connectivity index (χ1v) is 28.2. The third kappa shape index (κ3) is 9.33. The Morgan fingerprint density at radius 1 is 0.450 bits per heavy atom. The van der Waals surface area contributed by atoms with Crippen LogP contribution in [0.3, 0.4) is 0 Å². The van der Waals surface area contributed by atoms with Gasteiger partial charge in [-0.05, 0) is 131 Å². The van der Waals surface area contributed by atoms with Crippen molar-refractivity contribution < 1.29 is 19.2 Å². The van der Waals surface area contributed by atoms with E-state index in [0.29, 0.717) is 60.4 Å². The highest BCUT2D eigenvalue weighted by atomic mass is 35.5. The molecule has 2 aliphatic carbocycles. The minimum absolute atomic E-state index is 0.0332. The Kier molecular flexibility index (Phi) is 13.5. The molecular formula is C66H58Cl2N8O4. The van der Waals surface area contributed by atoms with Gasteiger partial charge in [0.2, 0.25) is 11.8 Å². The molecule has 4 atom stereocenters. The van der Waals surface area contributed by atoms with Crippen LogP contribution in [0.25, 0.3) is 0 Å². The number of fused-ring (bicyclic) bond motifs is 4. The first-order chi connectivity index (χ1) is 39.1. The van der Waals surface area contributed by atoms with Crippen molar-refractivity contribution in [3.8, 4) is 0 Å². The predicted molar refractivity (Wildman–Crippen MR) is 314 cm³/mol. The molecule has 6 aliphatic rings. The largest absolute Gasteiger partial charge is 0.368 e. The molecular weight excluding hydrogens is 1040 g/mol. The molecule has 4 fully saturated rings. The lowest BCUT2D eigenvalue weighted by molar-refractivity contribution is -0.121. The number of piperazine rings is 2. The van der Waals surface area contributed by atoms with E-state index >= 15 is 0 Å². The van der Waals surface area contributed by atoms with Crippen LogP contribution in [0.5, 0.6) is 0 Å². The number of carbonyl (C=O) groups is 4. The van der Waals surface area contributed by atoms with Crippen molar-refractivity contribution in [2.75, 3.05) is 72.0 Å². The Morgan fingerprint density at radius 2 is 0.825 bits per heavy atom. The average molecular weight is 1100 g/mol. The number of anilines is 4. The van der Waals surface area contributed by atoms with Crippen LogP contribution in [0.4, 0.5) is 22.7 Å². The van der Waals surface area contributed by atoms with Crippen LogP contribution in [0.15, 0.2) is 195 Å². The standard InChI is InChI=1S/2C33H29ClN4O2/c2*34-26-10-8-24(9-11-26)29-21-33(29)28-6-1-2-7-30(28)38(32(33)40)22-23-4-3-5-25(20-23)31(39)37-18-16-36(17-19-37)27-12-14-35-15-13-27/h2*1-15,20,29H,16-19,21-22H2/t2*29-,33-/m10/s1. The second-order valence-corrected chi connectivity index (χ2v) is 22.6. The first kappa shape index (κ1) is 51.1. The van der Waals surface area contributed by atoms with Gasteiger partial charge in [0.15, 0.2) is 0 Å². The summed E-state index contributed by atoms with van der Waals surface area (Å²) in [5, 5.41) is 1.39. The van der Waals surface area contributed by atoms with Crippen molar-refractivity contribution in [3.05, 3.63) is 249 Å². The van der Waals surface area contributed by atoms with Crippen molar-refractivity contribution in [2.24, 2.45) is 0 Å². The van der Waals surface area contributed by atoms with Gasteiger partial charge in [0.25, 0.3) is 11.8 Å². The van der Waals surface area contributed by atoms with Crippen LogP contribution in [0.2, 0.25) is 10.0 Å². The number of pyridine rings is 2. The van der Waals surface area contributed by atoms with E-state index in [0.717, 1.165) is 95.2 Å². The minimum atomic E-state index is -0.521. The summed E-state index contributed by atoms with van der Waals surface area (Å²) in [4.78, 5) is 75.3. The van der Waals surface area contributed by atoms with Gasteiger partial charge in [-0.25, -0.2) is 0 Å². The van der Waals surface area contributed by atoms with Crippen molar-refractivity contribution in [2.45, 2.75) is 48.6 Å². The van der Waals surface area contributed by atoms with E-state index in [-0.39, 0.29) is 35.5 Å². The fraction of sp³-hybridized carbons (Fsp3) is 0.242. The Labute approximate surface area is 475 Å². The van der Waals surface area contributed by atoms with Gasteiger partial charge in [-0.2, -0.15) is 0 Å². The molecule has 0 unspecified atom stereocenters. The fourth-order valence-corrected chi connectivity index (χ4v) is 13.2. The number of aromatic nitrogens is 2. The molecule has 2 aromatic heterocycles. The molecule has 2 spiro atoms. The maximum atomic E-state index is 14.0. The van der Waals surface area contributed by atoms with Crippen LogP contribution in [-0.4, -0.2) is 95.8 Å². The monoisotopic (exact) mass is 1100 g/mol. The van der Waals surface area contributed by atoms with E-state index < -0.39 is 10.8 Å². The molecule has 0 bridgehead atoms. The predicted octanol–water partition coefficient (Wildman–Crippen LogP) is 11.3. The Hall–Kier alpha value is -8.32. The van der Waals surface area contributed by atoms with E-state index in [1.807, 2.05) is 177 Å². The molecule has 4 aliphatic heterocycles. The molecule has 14 heteroatoms. The lowest BCUT2D eigenvalue weighted by Gasteiger charge is -2.36. The molecule has 12 nitrogen and oxygen atoms in total. The smallest absolute Gasteiger partial charge is 0.253 e. The number of nitrogens with zero attached hydrogens (tertiary/aromatic N) is 8. The van der Waals surface area contributed by atoms with Gasteiger partial charge in [0, 0.05) is 133 Å². The average Bonchev–Trinajstić information content (AvgIpc) is 4.59. The Bertz CT molecular complexity index is 3410. The molecule has 4 amide bonds. The summed E-state index contributed by atoms with van der Waals surface area (Å²) in [6.45, 7) is 6.66. The number of benzene rings is 6. The van der Waals surface area contributed by atoms with Gasteiger partial charge >= 0.3 is 0 Å². The second kappa shape index (κ2) is 21.1. The zero-order valence-electron chi connectivity index (χ0n) is 44.1. The van der Waals surface area contributed by atoms with Crippen molar-refractivity contribution >= 4 is 69.6 Å². The summed E-state index contributed by atoms with van der Waals surface area (Å²) in [6, 6.07) is 55.5. The molecule has 6 heterocycles. The quantitative estimate of drug-likeness (QED) is 0.133. The third-order valence-electron chi connectivity index (χ3n) is 17.3. The van der Waals surface area contributed by atoms with E-state index in [9.17, 15) is 19.2 Å². The molecule has 0 radical (unpaired) electrons. The zero-order chi connectivity index (χ0) is 54.5. The van der Waals surface area contributed by atoms with Gasteiger partial charge in [0.05, 0.1) is 23.9 Å². The van der Waals surface area contributed by atoms with Crippen LogP contribution >= 0.6 is 23.2 Å². The van der Waals surface area contributed by atoms with Gasteiger partial charge in [-0.3, -0.25) is 29.1 Å². The summed E-state index contributed by atoms with van der Waals surface area (Å²) < 4.78 is 0. The van der Waals surface area contributed by atoms with Gasteiger partial charge in [-0.1, -0.05) is 108 Å². The summed E-state index contributed by atoms with van der Waals surface area (Å²) in [7, 11) is 0. The lowest BCUT2D eigenvalue weighted by atomic mass is 9.92. The van der Waals surface area contributed by atoms with Crippen LogP contribution in [0.1, 0.15) is 78.8 Å². The molecule has 80 heavy (non-hydrogen) atoms. The number of carbonyl (C=O) groups excluding carboxylic acids is 4. The molecule has 400 valence electrons. The number of halogens is 2. The fourth-order valence-electron chi connectivity index (χ4n) is 13.0. The lowest BCUT2D eigenvalue weighted by Crippen LogP contribution is -2.48. The maximum absolute atomic E-state index is 14.0. The van der Waals surface area contributed by atoms with Crippen molar-refractivity contribution in [1.82, 2.24) is 19.8 Å². The van der Waals surface area contributed by atoms with Crippen LogP contribution in [0, 0.1) is 0 Å². The minimum Gasteiger partial charge on any atom is -0.368 e. The molecule has 6 aromatic carbocycles. The topological polar surface area (TPSA) is 113 Å².